The van der Waals surface area contributed by atoms with Crippen molar-refractivity contribution in [2.75, 3.05) is 75.6 Å². The Morgan fingerprint density at radius 3 is 2.52 bits per heavy atom. The molecule has 1 aromatic carbocycles. The van der Waals surface area contributed by atoms with E-state index in [0.29, 0.717) is 59.3 Å². The lowest BCUT2D eigenvalue weighted by Gasteiger charge is -2.33. The summed E-state index contributed by atoms with van der Waals surface area (Å²) < 4.78 is 10.1. The number of aryl methyl sites for hydroxylation is 1. The molecule has 0 radical (unpaired) electrons. The minimum absolute atomic E-state index is 0.136. The summed E-state index contributed by atoms with van der Waals surface area (Å²) in [5.74, 6) is 1.30. The quantitative estimate of drug-likeness (QED) is 0.220. The Bertz CT molecular complexity index is 1290. The van der Waals surface area contributed by atoms with Gasteiger partial charge in [0.2, 0.25) is 5.95 Å². The summed E-state index contributed by atoms with van der Waals surface area (Å²) in [6, 6.07) is 9.36. The molecule has 12 nitrogen and oxygen atoms in total. The van der Waals surface area contributed by atoms with Crippen molar-refractivity contribution in [3.63, 3.8) is 0 Å². The first-order valence-corrected chi connectivity index (χ1v) is 14.0. The van der Waals surface area contributed by atoms with Gasteiger partial charge in [-0.3, -0.25) is 10.1 Å². The number of aromatic nitrogens is 3. The molecule has 0 spiro atoms. The number of methoxy groups -OCH3 is 1. The Balaban J connectivity index is 1.49. The zero-order valence-electron chi connectivity index (χ0n) is 23.3. The summed E-state index contributed by atoms with van der Waals surface area (Å²) in [5.41, 5.74) is 2.18. The van der Waals surface area contributed by atoms with Gasteiger partial charge < -0.3 is 29.9 Å². The Hall–Kier alpha value is -3.81. The van der Waals surface area contributed by atoms with E-state index in [1.165, 1.54) is 11.3 Å². The molecule has 2 aromatic heterocycles. The molecule has 0 bridgehead atoms. The van der Waals surface area contributed by atoms with Crippen LogP contribution in [0.25, 0.3) is 0 Å². The van der Waals surface area contributed by atoms with Crippen molar-refractivity contribution in [1.82, 2.24) is 25.2 Å². The van der Waals surface area contributed by atoms with Gasteiger partial charge in [-0.2, -0.15) is 9.97 Å². The number of nitrogens with zero attached hydrogens (tertiary/aromatic N) is 5. The van der Waals surface area contributed by atoms with Gasteiger partial charge in [0.15, 0.2) is 5.13 Å². The molecule has 40 heavy (non-hydrogen) atoms. The molecule has 0 saturated carbocycles. The van der Waals surface area contributed by atoms with Crippen LogP contribution >= 0.6 is 11.3 Å². The van der Waals surface area contributed by atoms with E-state index in [-0.39, 0.29) is 5.91 Å². The van der Waals surface area contributed by atoms with Crippen LogP contribution in [0.5, 0.6) is 0 Å². The molecule has 13 heteroatoms. The van der Waals surface area contributed by atoms with Crippen LogP contribution in [0, 0.1) is 6.92 Å². The van der Waals surface area contributed by atoms with E-state index in [9.17, 15) is 9.59 Å². The molecule has 0 aliphatic carbocycles. The lowest BCUT2D eigenvalue weighted by Crippen LogP contribution is -2.44. The predicted molar refractivity (Wildman–Crippen MR) is 156 cm³/mol. The topological polar surface area (TPSA) is 134 Å². The number of hydrogen-bond donors (Lipinski definition) is 3. The van der Waals surface area contributed by atoms with Crippen molar-refractivity contribution >= 4 is 45.9 Å². The number of carbonyl (C=O) groups is 2. The number of nitrogens with one attached hydrogen (secondary N) is 3. The minimum atomic E-state index is -0.390. The Labute approximate surface area is 238 Å². The molecule has 214 valence electrons. The predicted octanol–water partition coefficient (Wildman–Crippen LogP) is 2.90. The van der Waals surface area contributed by atoms with Crippen LogP contribution in [0.2, 0.25) is 0 Å². The van der Waals surface area contributed by atoms with Crippen LogP contribution in [0.3, 0.4) is 0 Å². The van der Waals surface area contributed by atoms with E-state index in [1.54, 1.807) is 33.1 Å². The second-order valence-corrected chi connectivity index (χ2v) is 10.3. The third kappa shape index (κ3) is 7.87. The fourth-order valence-corrected chi connectivity index (χ4v) is 4.90. The molecule has 4 rings (SSSR count). The number of rotatable bonds is 12. The number of benzene rings is 1. The molecule has 1 fully saturated rings. The van der Waals surface area contributed by atoms with E-state index in [1.807, 2.05) is 18.2 Å². The number of thiazole rings is 1. The van der Waals surface area contributed by atoms with Gasteiger partial charge in [-0.15, -0.1) is 0 Å². The van der Waals surface area contributed by atoms with Crippen LogP contribution in [-0.2, 0) is 16.0 Å². The molecule has 1 aliphatic rings. The third-order valence-electron chi connectivity index (χ3n) is 6.30. The molecular formula is C27H36N8O4S. The molecule has 0 atom stereocenters. The first-order valence-electron chi connectivity index (χ1n) is 13.2. The SMILES string of the molecule is CCOC(=O)c1sc(Nc2nc(NCc3ccc(C(=O)NCCOC)cc3)cc(N3CCN(C)CC3)n2)nc1C. The largest absolute Gasteiger partial charge is 0.462 e. The van der Waals surface area contributed by atoms with Gasteiger partial charge >= 0.3 is 5.97 Å². The summed E-state index contributed by atoms with van der Waals surface area (Å²) in [5, 5.41) is 9.89. The smallest absolute Gasteiger partial charge is 0.350 e. The number of piperazine rings is 1. The molecule has 1 aliphatic heterocycles. The summed E-state index contributed by atoms with van der Waals surface area (Å²) in [6.07, 6.45) is 0. The van der Waals surface area contributed by atoms with Crippen molar-refractivity contribution < 1.29 is 19.1 Å². The summed E-state index contributed by atoms with van der Waals surface area (Å²) in [4.78, 5) is 43.4. The Morgan fingerprint density at radius 2 is 1.82 bits per heavy atom. The van der Waals surface area contributed by atoms with Crippen LogP contribution in [0.15, 0.2) is 30.3 Å². The molecule has 3 N–H and O–H groups in total. The highest BCUT2D eigenvalue weighted by Gasteiger charge is 2.20. The normalized spacial score (nSPS) is 13.7. The van der Waals surface area contributed by atoms with Gasteiger partial charge in [-0.05, 0) is 38.6 Å². The average molecular weight is 569 g/mol. The van der Waals surface area contributed by atoms with Gasteiger partial charge in [-0.1, -0.05) is 23.5 Å². The zero-order chi connectivity index (χ0) is 28.5. The van der Waals surface area contributed by atoms with Crippen LogP contribution in [0.4, 0.5) is 22.7 Å². The fraction of sp³-hybridized carbons (Fsp3) is 0.444. The van der Waals surface area contributed by atoms with E-state index >= 15 is 0 Å². The van der Waals surface area contributed by atoms with E-state index < -0.39 is 5.97 Å². The average Bonchev–Trinajstić information content (AvgIpc) is 3.32. The number of likely N-dealkylation sites (N-methyl/N-ethyl adjacent to an activating group) is 1. The molecule has 0 unspecified atom stereocenters. The maximum Gasteiger partial charge on any atom is 0.350 e. The van der Waals surface area contributed by atoms with E-state index in [4.69, 9.17) is 14.5 Å². The van der Waals surface area contributed by atoms with Crippen molar-refractivity contribution in [2.45, 2.75) is 20.4 Å². The minimum Gasteiger partial charge on any atom is -0.462 e. The molecule has 1 saturated heterocycles. The highest BCUT2D eigenvalue weighted by atomic mass is 32.1. The number of hydrogen-bond acceptors (Lipinski definition) is 12. The maximum absolute atomic E-state index is 12.3. The monoisotopic (exact) mass is 568 g/mol. The van der Waals surface area contributed by atoms with Crippen molar-refractivity contribution in [1.29, 1.82) is 0 Å². The second kappa shape index (κ2) is 14.0. The van der Waals surface area contributed by atoms with Gasteiger partial charge in [0.1, 0.15) is 16.5 Å². The van der Waals surface area contributed by atoms with E-state index in [0.717, 1.165) is 37.6 Å². The van der Waals surface area contributed by atoms with Gasteiger partial charge in [0.05, 0.1) is 18.9 Å². The lowest BCUT2D eigenvalue weighted by atomic mass is 10.1. The Morgan fingerprint density at radius 1 is 1.07 bits per heavy atom. The highest BCUT2D eigenvalue weighted by Crippen LogP contribution is 2.27. The Kier molecular flexibility index (Phi) is 10.2. The van der Waals surface area contributed by atoms with Crippen LogP contribution in [0.1, 0.15) is 38.2 Å². The molecular weight excluding hydrogens is 532 g/mol. The first kappa shape index (κ1) is 29.2. The maximum atomic E-state index is 12.3. The molecule has 1 amide bonds. The molecule has 3 heterocycles. The highest BCUT2D eigenvalue weighted by molar-refractivity contribution is 7.17. The summed E-state index contributed by atoms with van der Waals surface area (Å²) in [7, 11) is 3.71. The number of anilines is 4. The summed E-state index contributed by atoms with van der Waals surface area (Å²) >= 11 is 1.21. The van der Waals surface area contributed by atoms with Crippen molar-refractivity contribution in [2.24, 2.45) is 0 Å². The number of carbonyl (C=O) groups excluding carboxylic acids is 2. The van der Waals surface area contributed by atoms with Gasteiger partial charge in [-0.25, -0.2) is 9.78 Å². The lowest BCUT2D eigenvalue weighted by molar-refractivity contribution is 0.0531. The zero-order valence-corrected chi connectivity index (χ0v) is 24.1. The second-order valence-electron chi connectivity index (χ2n) is 9.30. The third-order valence-corrected chi connectivity index (χ3v) is 7.35. The van der Waals surface area contributed by atoms with Gasteiger partial charge in [0.25, 0.3) is 5.91 Å². The van der Waals surface area contributed by atoms with E-state index in [2.05, 4.69) is 42.8 Å². The van der Waals surface area contributed by atoms with Crippen molar-refractivity contribution in [3.05, 3.63) is 52.0 Å². The molecule has 3 aromatic rings. The van der Waals surface area contributed by atoms with Crippen molar-refractivity contribution in [3.8, 4) is 0 Å². The standard InChI is InChI=1S/C27H36N8O4S/c1-5-39-25(37)23-18(2)30-27(40-23)33-26-31-21(16-22(32-26)35-13-11-34(3)12-14-35)29-17-19-6-8-20(9-7-19)24(36)28-10-15-38-4/h6-9,16H,5,10-15,17H2,1-4H3,(H,28,36)(H2,29,30,31,32,33). The first-order chi connectivity index (χ1) is 19.4. The summed E-state index contributed by atoms with van der Waals surface area (Å²) in [6.45, 7) is 8.87. The van der Waals surface area contributed by atoms with Crippen LogP contribution in [-0.4, -0.2) is 91.8 Å². The number of esters is 1. The number of ether oxygens (including phenoxy) is 2. The fourth-order valence-electron chi connectivity index (χ4n) is 4.05. The number of amides is 1. The van der Waals surface area contributed by atoms with Gasteiger partial charge in [0, 0.05) is 58.0 Å². The van der Waals surface area contributed by atoms with Crippen LogP contribution < -0.4 is 20.9 Å².